The Kier molecular flexibility index (Phi) is 4.45. The van der Waals surface area contributed by atoms with Gasteiger partial charge in [-0.2, -0.15) is 10.3 Å². The number of hydrogen-bond acceptors (Lipinski definition) is 6. The molecule has 8 heteroatoms. The monoisotopic (exact) mass is 278 g/mol. The van der Waals surface area contributed by atoms with Crippen LogP contribution in [0.25, 0.3) is 0 Å². The zero-order chi connectivity index (χ0) is 13.7. The van der Waals surface area contributed by atoms with Crippen molar-refractivity contribution in [2.75, 3.05) is 12.3 Å². The van der Waals surface area contributed by atoms with Crippen molar-refractivity contribution in [3.63, 3.8) is 0 Å². The van der Waals surface area contributed by atoms with E-state index in [1.165, 1.54) is 11.8 Å². The van der Waals surface area contributed by atoms with Crippen LogP contribution in [0.5, 0.6) is 0 Å². The third-order valence-corrected chi connectivity index (χ3v) is 3.13. The van der Waals surface area contributed by atoms with E-state index in [0.717, 1.165) is 16.5 Å². The first-order valence-electron chi connectivity index (χ1n) is 5.74. The number of amides is 1. The number of carbonyl (C=O) groups is 1. The highest BCUT2D eigenvalue weighted by molar-refractivity contribution is 7.99. The van der Waals surface area contributed by atoms with Gasteiger partial charge in [0.2, 0.25) is 0 Å². The average Bonchev–Trinajstić information content (AvgIpc) is 2.86. The molecule has 1 amide bonds. The van der Waals surface area contributed by atoms with E-state index in [-0.39, 0.29) is 5.91 Å². The van der Waals surface area contributed by atoms with Gasteiger partial charge in [0.25, 0.3) is 5.91 Å². The lowest BCUT2D eigenvalue weighted by molar-refractivity contribution is 0.0950. The molecule has 19 heavy (non-hydrogen) atoms. The Balaban J connectivity index is 1.80. The van der Waals surface area contributed by atoms with Crippen LogP contribution in [0.3, 0.4) is 0 Å². The van der Waals surface area contributed by atoms with Gasteiger partial charge in [0.05, 0.1) is 6.20 Å². The number of carbonyl (C=O) groups excluding carboxylic acids is 1. The van der Waals surface area contributed by atoms with Gasteiger partial charge in [-0.15, -0.1) is 16.9 Å². The Morgan fingerprint density at radius 2 is 2.26 bits per heavy atom. The number of aryl methyl sites for hydroxylation is 2. The van der Waals surface area contributed by atoms with Crippen LogP contribution in [0, 0.1) is 13.8 Å². The predicted molar refractivity (Wildman–Crippen MR) is 70.9 cm³/mol. The first-order valence-corrected chi connectivity index (χ1v) is 6.73. The summed E-state index contributed by atoms with van der Waals surface area (Å²) in [5.41, 5.74) is 1.19. The quantitative estimate of drug-likeness (QED) is 0.618. The number of nitrogens with one attached hydrogen (secondary N) is 2. The van der Waals surface area contributed by atoms with E-state index < -0.39 is 0 Å². The van der Waals surface area contributed by atoms with Gasteiger partial charge in [-0.25, -0.2) is 9.97 Å². The maximum absolute atomic E-state index is 11.9. The molecule has 0 fully saturated rings. The number of H-pyrrole nitrogens is 1. The molecule has 0 aliphatic rings. The van der Waals surface area contributed by atoms with E-state index in [1.54, 1.807) is 19.2 Å². The summed E-state index contributed by atoms with van der Waals surface area (Å²) in [7, 11) is 0. The summed E-state index contributed by atoms with van der Waals surface area (Å²) < 4.78 is 0. The highest BCUT2D eigenvalue weighted by Gasteiger charge is 2.08. The van der Waals surface area contributed by atoms with Crippen LogP contribution in [0.1, 0.15) is 22.0 Å². The average molecular weight is 278 g/mol. The molecule has 0 radical (unpaired) electrons. The minimum Gasteiger partial charge on any atom is -0.350 e. The molecule has 0 spiro atoms. The highest BCUT2D eigenvalue weighted by atomic mass is 32.2. The zero-order valence-electron chi connectivity index (χ0n) is 10.7. The van der Waals surface area contributed by atoms with Gasteiger partial charge in [-0.1, -0.05) is 0 Å². The Morgan fingerprint density at radius 1 is 1.42 bits per heavy atom. The van der Waals surface area contributed by atoms with Crippen molar-refractivity contribution in [3.8, 4) is 0 Å². The van der Waals surface area contributed by atoms with Crippen LogP contribution < -0.4 is 5.32 Å². The molecule has 2 aromatic rings. The lowest BCUT2D eigenvalue weighted by atomic mass is 10.3. The molecule has 0 aliphatic carbocycles. The first-order chi connectivity index (χ1) is 9.15. The van der Waals surface area contributed by atoms with E-state index in [0.29, 0.717) is 18.1 Å². The largest absolute Gasteiger partial charge is 0.350 e. The van der Waals surface area contributed by atoms with E-state index in [9.17, 15) is 4.79 Å². The summed E-state index contributed by atoms with van der Waals surface area (Å²) in [6, 6.07) is 1.67. The predicted octanol–water partition coefficient (Wildman–Crippen LogP) is 0.734. The lowest BCUT2D eigenvalue weighted by Crippen LogP contribution is -2.27. The van der Waals surface area contributed by atoms with Crippen molar-refractivity contribution in [1.29, 1.82) is 0 Å². The Morgan fingerprint density at radius 3 is 2.95 bits per heavy atom. The number of thioether (sulfide) groups is 1. The first kappa shape index (κ1) is 13.5. The molecule has 2 aromatic heterocycles. The lowest BCUT2D eigenvalue weighted by Gasteiger charge is -2.05. The molecule has 0 saturated carbocycles. The number of hydrogen-bond donors (Lipinski definition) is 2. The van der Waals surface area contributed by atoms with Crippen LogP contribution in [-0.2, 0) is 0 Å². The maximum Gasteiger partial charge on any atom is 0.270 e. The van der Waals surface area contributed by atoms with Gasteiger partial charge < -0.3 is 5.32 Å². The smallest absolute Gasteiger partial charge is 0.270 e. The van der Waals surface area contributed by atoms with Crippen molar-refractivity contribution >= 4 is 17.7 Å². The molecule has 2 N–H and O–H groups in total. The number of nitrogens with zero attached hydrogens (tertiary/aromatic N) is 4. The van der Waals surface area contributed by atoms with Crippen LogP contribution in [0.4, 0.5) is 0 Å². The van der Waals surface area contributed by atoms with E-state index in [2.05, 4.69) is 30.7 Å². The third kappa shape index (κ3) is 4.02. The van der Waals surface area contributed by atoms with Crippen LogP contribution in [0.15, 0.2) is 17.3 Å². The van der Waals surface area contributed by atoms with E-state index in [4.69, 9.17) is 0 Å². The van der Waals surface area contributed by atoms with E-state index in [1.807, 2.05) is 6.92 Å². The zero-order valence-corrected chi connectivity index (χ0v) is 11.5. The molecule has 0 aliphatic heterocycles. The summed E-state index contributed by atoms with van der Waals surface area (Å²) in [6.45, 7) is 4.15. The molecule has 2 heterocycles. The summed E-state index contributed by atoms with van der Waals surface area (Å²) in [5, 5.41) is 13.8. The Hall–Kier alpha value is -1.96. The minimum atomic E-state index is -0.186. The molecule has 2 rings (SSSR count). The highest BCUT2D eigenvalue weighted by Crippen LogP contribution is 2.10. The van der Waals surface area contributed by atoms with Crippen molar-refractivity contribution < 1.29 is 4.79 Å². The van der Waals surface area contributed by atoms with Crippen molar-refractivity contribution in [3.05, 3.63) is 29.5 Å². The van der Waals surface area contributed by atoms with Gasteiger partial charge in [0, 0.05) is 18.0 Å². The van der Waals surface area contributed by atoms with Crippen LogP contribution in [-0.4, -0.2) is 43.6 Å². The SMILES string of the molecule is Cc1cc(C(=O)NCCSc2cn[nH]n2)nc(C)n1. The maximum atomic E-state index is 11.9. The van der Waals surface area contributed by atoms with Gasteiger partial charge in [-0.05, 0) is 19.9 Å². The summed E-state index contributed by atoms with van der Waals surface area (Å²) in [5.74, 6) is 1.14. The van der Waals surface area contributed by atoms with E-state index >= 15 is 0 Å². The Bertz CT molecular complexity index is 536. The van der Waals surface area contributed by atoms with Crippen molar-refractivity contribution in [1.82, 2.24) is 30.7 Å². The molecular weight excluding hydrogens is 264 g/mol. The summed E-state index contributed by atoms with van der Waals surface area (Å²) >= 11 is 1.52. The third-order valence-electron chi connectivity index (χ3n) is 2.23. The molecule has 0 atom stereocenters. The number of aromatic amines is 1. The molecule has 100 valence electrons. The topological polar surface area (TPSA) is 96.5 Å². The minimum absolute atomic E-state index is 0.186. The normalized spacial score (nSPS) is 10.4. The van der Waals surface area contributed by atoms with Crippen molar-refractivity contribution in [2.45, 2.75) is 18.9 Å². The molecule has 0 bridgehead atoms. The fraction of sp³-hybridized carbons (Fsp3) is 0.364. The summed E-state index contributed by atoms with van der Waals surface area (Å²) in [4.78, 5) is 20.1. The van der Waals surface area contributed by atoms with Gasteiger partial charge in [-0.3, -0.25) is 4.79 Å². The molecular formula is C11H14N6OS. The Labute approximate surface area is 114 Å². The fourth-order valence-electron chi connectivity index (χ4n) is 1.50. The van der Waals surface area contributed by atoms with Gasteiger partial charge in [0.1, 0.15) is 16.5 Å². The van der Waals surface area contributed by atoms with Crippen LogP contribution in [0.2, 0.25) is 0 Å². The second-order valence-corrected chi connectivity index (χ2v) is 4.97. The van der Waals surface area contributed by atoms with Gasteiger partial charge in [0.15, 0.2) is 0 Å². The number of aromatic nitrogens is 5. The molecule has 0 saturated heterocycles. The fourth-order valence-corrected chi connectivity index (χ4v) is 2.15. The molecule has 7 nitrogen and oxygen atoms in total. The van der Waals surface area contributed by atoms with Gasteiger partial charge >= 0.3 is 0 Å². The standard InChI is InChI=1S/C11H14N6OS/c1-7-5-9(15-8(2)14-7)11(18)12-3-4-19-10-6-13-17-16-10/h5-6H,3-4H2,1-2H3,(H,12,18)(H,13,16,17). The molecule has 0 unspecified atom stereocenters. The molecule has 0 aromatic carbocycles. The summed E-state index contributed by atoms with van der Waals surface area (Å²) in [6.07, 6.45) is 1.64. The second kappa shape index (κ2) is 6.28. The number of rotatable bonds is 5. The second-order valence-electron chi connectivity index (χ2n) is 3.85. The van der Waals surface area contributed by atoms with Crippen molar-refractivity contribution in [2.24, 2.45) is 0 Å². The van der Waals surface area contributed by atoms with Crippen LogP contribution >= 0.6 is 11.8 Å².